The van der Waals surface area contributed by atoms with E-state index in [4.69, 9.17) is 4.74 Å². The lowest BCUT2D eigenvalue weighted by Crippen LogP contribution is -2.30. The van der Waals surface area contributed by atoms with Crippen LogP contribution in [0.1, 0.15) is 29.7 Å². The minimum absolute atomic E-state index is 0.0551. The summed E-state index contributed by atoms with van der Waals surface area (Å²) >= 11 is 0. The third-order valence-corrected chi connectivity index (χ3v) is 5.96. The molecular weight excluding hydrogens is 428 g/mol. The highest BCUT2D eigenvalue weighted by molar-refractivity contribution is 6.51. The zero-order valence-electron chi connectivity index (χ0n) is 19.8. The molecule has 3 aromatic rings. The molecule has 1 aliphatic rings. The third kappa shape index (κ3) is 4.15. The van der Waals surface area contributed by atoms with Crippen LogP contribution < -0.4 is 14.5 Å². The van der Waals surface area contributed by atoms with E-state index in [1.807, 2.05) is 81.4 Å². The van der Waals surface area contributed by atoms with Gasteiger partial charge in [-0.25, -0.2) is 0 Å². The minimum atomic E-state index is -0.770. The van der Waals surface area contributed by atoms with Crippen molar-refractivity contribution in [2.45, 2.75) is 19.9 Å². The van der Waals surface area contributed by atoms with Crippen molar-refractivity contribution in [2.24, 2.45) is 0 Å². The number of ketones is 1. The van der Waals surface area contributed by atoms with Gasteiger partial charge < -0.3 is 14.7 Å². The van der Waals surface area contributed by atoms with Crippen molar-refractivity contribution >= 4 is 28.8 Å². The number of carbonyl (C=O) groups is 2. The fraction of sp³-hybridized carbons (Fsp3) is 0.214. The number of aliphatic hydroxyl groups excluding tert-OH is 1. The predicted octanol–water partition coefficient (Wildman–Crippen LogP) is 5.09. The summed E-state index contributed by atoms with van der Waals surface area (Å²) in [6.07, 6.45) is 0. The van der Waals surface area contributed by atoms with Crippen molar-refractivity contribution in [2.75, 3.05) is 30.5 Å². The van der Waals surface area contributed by atoms with Crippen LogP contribution in [0.4, 0.5) is 11.4 Å². The summed E-state index contributed by atoms with van der Waals surface area (Å²) in [6, 6.07) is 21.2. The van der Waals surface area contributed by atoms with Crippen molar-refractivity contribution in [1.29, 1.82) is 0 Å². The highest BCUT2D eigenvalue weighted by atomic mass is 16.5. The monoisotopic (exact) mass is 456 g/mol. The normalized spacial score (nSPS) is 17.2. The molecule has 0 saturated carbocycles. The maximum Gasteiger partial charge on any atom is 0.300 e. The zero-order valence-corrected chi connectivity index (χ0v) is 19.8. The molecule has 0 radical (unpaired) electrons. The number of aryl methyl sites for hydroxylation is 1. The van der Waals surface area contributed by atoms with Gasteiger partial charge in [0.05, 0.1) is 18.2 Å². The van der Waals surface area contributed by atoms with Crippen molar-refractivity contribution in [3.63, 3.8) is 0 Å². The van der Waals surface area contributed by atoms with Gasteiger partial charge in [0.15, 0.2) is 0 Å². The van der Waals surface area contributed by atoms with Crippen LogP contribution in [-0.2, 0) is 9.59 Å². The molecule has 1 aliphatic heterocycles. The molecule has 1 heterocycles. The number of carbonyl (C=O) groups excluding carboxylic acids is 2. The second-order valence-electron chi connectivity index (χ2n) is 8.40. The number of rotatable bonds is 6. The quantitative estimate of drug-likeness (QED) is 0.318. The lowest BCUT2D eigenvalue weighted by atomic mass is 9.94. The van der Waals surface area contributed by atoms with Crippen molar-refractivity contribution in [3.8, 4) is 5.75 Å². The van der Waals surface area contributed by atoms with Gasteiger partial charge >= 0.3 is 0 Å². The highest BCUT2D eigenvalue weighted by Gasteiger charge is 2.47. The highest BCUT2D eigenvalue weighted by Crippen LogP contribution is 2.43. The summed E-state index contributed by atoms with van der Waals surface area (Å²) in [6.45, 7) is 4.24. The van der Waals surface area contributed by atoms with Crippen LogP contribution in [0.5, 0.6) is 5.75 Å². The Balaban J connectivity index is 1.93. The van der Waals surface area contributed by atoms with Crippen LogP contribution in [0.3, 0.4) is 0 Å². The van der Waals surface area contributed by atoms with Crippen LogP contribution in [0.15, 0.2) is 78.4 Å². The smallest absolute Gasteiger partial charge is 0.300 e. The number of amides is 1. The van der Waals surface area contributed by atoms with E-state index in [2.05, 4.69) is 0 Å². The van der Waals surface area contributed by atoms with Gasteiger partial charge in [0.1, 0.15) is 11.5 Å². The second kappa shape index (κ2) is 9.43. The lowest BCUT2D eigenvalue weighted by molar-refractivity contribution is -0.132. The van der Waals surface area contributed by atoms with E-state index in [0.29, 0.717) is 23.6 Å². The Hall–Kier alpha value is -4.06. The van der Waals surface area contributed by atoms with Gasteiger partial charge in [-0.05, 0) is 55.3 Å². The molecule has 34 heavy (non-hydrogen) atoms. The van der Waals surface area contributed by atoms with E-state index in [-0.39, 0.29) is 11.3 Å². The van der Waals surface area contributed by atoms with Gasteiger partial charge in [0.2, 0.25) is 0 Å². The Morgan fingerprint density at radius 2 is 1.71 bits per heavy atom. The van der Waals surface area contributed by atoms with Gasteiger partial charge in [-0.3, -0.25) is 14.5 Å². The third-order valence-electron chi connectivity index (χ3n) is 5.96. The summed E-state index contributed by atoms with van der Waals surface area (Å²) < 4.78 is 5.56. The van der Waals surface area contributed by atoms with Crippen LogP contribution in [0.2, 0.25) is 0 Å². The lowest BCUT2D eigenvalue weighted by Gasteiger charge is -2.27. The number of anilines is 2. The number of hydrogen-bond acceptors (Lipinski definition) is 5. The van der Waals surface area contributed by atoms with Crippen molar-refractivity contribution < 1.29 is 19.4 Å². The fourth-order valence-electron chi connectivity index (χ4n) is 4.24. The molecule has 0 aromatic heterocycles. The fourth-order valence-corrected chi connectivity index (χ4v) is 4.24. The predicted molar refractivity (Wildman–Crippen MR) is 134 cm³/mol. The molecule has 4 rings (SSSR count). The van der Waals surface area contributed by atoms with Gasteiger partial charge in [0, 0.05) is 31.0 Å². The number of benzene rings is 3. The molecule has 174 valence electrons. The standard InChI is InChI=1S/C28H28N2O4/c1-5-34-22-11-8-10-20(17-22)26(31)24-25(19-13-15-21(16-14-19)29(3)4)30(28(33)27(24)32)23-12-7-6-9-18(23)2/h6-17,25,31H,5H2,1-4H3/b26-24-. The first-order chi connectivity index (χ1) is 16.3. The first-order valence-corrected chi connectivity index (χ1v) is 11.2. The Morgan fingerprint density at radius 3 is 2.35 bits per heavy atom. The molecule has 1 atom stereocenters. The van der Waals surface area contributed by atoms with Crippen LogP contribution >= 0.6 is 0 Å². The van der Waals surface area contributed by atoms with E-state index >= 15 is 0 Å². The minimum Gasteiger partial charge on any atom is -0.507 e. The van der Waals surface area contributed by atoms with E-state index in [1.165, 1.54) is 4.90 Å². The summed E-state index contributed by atoms with van der Waals surface area (Å²) in [4.78, 5) is 30.1. The maximum atomic E-state index is 13.3. The molecule has 3 aromatic carbocycles. The molecule has 0 aliphatic carbocycles. The molecule has 0 spiro atoms. The Kier molecular flexibility index (Phi) is 6.41. The molecule has 0 bridgehead atoms. The first kappa shape index (κ1) is 23.1. The maximum absolute atomic E-state index is 13.3. The number of para-hydroxylation sites is 1. The van der Waals surface area contributed by atoms with Gasteiger partial charge in [0.25, 0.3) is 11.7 Å². The summed E-state index contributed by atoms with van der Waals surface area (Å²) in [7, 11) is 3.89. The largest absolute Gasteiger partial charge is 0.507 e. The van der Waals surface area contributed by atoms with E-state index in [0.717, 1.165) is 16.8 Å². The van der Waals surface area contributed by atoms with Gasteiger partial charge in [-0.15, -0.1) is 0 Å². The van der Waals surface area contributed by atoms with Crippen LogP contribution in [-0.4, -0.2) is 37.5 Å². The van der Waals surface area contributed by atoms with Crippen LogP contribution in [0.25, 0.3) is 5.76 Å². The van der Waals surface area contributed by atoms with Gasteiger partial charge in [-0.2, -0.15) is 0 Å². The Bertz CT molecular complexity index is 1260. The average molecular weight is 457 g/mol. The molecule has 1 N–H and O–H groups in total. The number of hydrogen-bond donors (Lipinski definition) is 1. The summed E-state index contributed by atoms with van der Waals surface area (Å²) in [5, 5.41) is 11.3. The topological polar surface area (TPSA) is 70.1 Å². The number of Topliss-reactive ketones (excluding diaryl/α,β-unsaturated/α-hetero) is 1. The Labute approximate surface area is 199 Å². The molecular formula is C28H28N2O4. The van der Waals surface area contributed by atoms with E-state index < -0.39 is 17.7 Å². The SMILES string of the molecule is CCOc1cccc(/C(O)=C2/C(=O)C(=O)N(c3ccccc3C)C2c2ccc(N(C)C)cc2)c1. The summed E-state index contributed by atoms with van der Waals surface area (Å²) in [5.41, 5.74) is 3.69. The van der Waals surface area contributed by atoms with E-state index in [9.17, 15) is 14.7 Å². The molecule has 6 heteroatoms. The molecule has 1 saturated heterocycles. The van der Waals surface area contributed by atoms with Crippen molar-refractivity contribution in [3.05, 3.63) is 95.1 Å². The number of nitrogens with zero attached hydrogens (tertiary/aromatic N) is 2. The van der Waals surface area contributed by atoms with E-state index in [1.54, 1.807) is 24.3 Å². The van der Waals surface area contributed by atoms with Crippen LogP contribution in [0, 0.1) is 6.92 Å². The first-order valence-electron chi connectivity index (χ1n) is 11.2. The van der Waals surface area contributed by atoms with Gasteiger partial charge in [-0.1, -0.05) is 42.5 Å². The molecule has 1 fully saturated rings. The number of ether oxygens (including phenoxy) is 1. The second-order valence-corrected chi connectivity index (χ2v) is 8.40. The number of aliphatic hydroxyl groups is 1. The molecule has 6 nitrogen and oxygen atoms in total. The van der Waals surface area contributed by atoms with Crippen molar-refractivity contribution in [1.82, 2.24) is 0 Å². The summed E-state index contributed by atoms with van der Waals surface area (Å²) in [5.74, 6) is -1.04. The Morgan fingerprint density at radius 1 is 1.00 bits per heavy atom. The zero-order chi connectivity index (χ0) is 24.4. The molecule has 1 unspecified atom stereocenters. The molecule has 1 amide bonds. The average Bonchev–Trinajstić information content (AvgIpc) is 3.09.